The minimum absolute atomic E-state index is 0.152. The molecule has 0 unspecified atom stereocenters. The molecule has 2 rings (SSSR count). The molecule has 0 radical (unpaired) electrons. The first-order chi connectivity index (χ1) is 13.8. The van der Waals surface area contributed by atoms with Crippen LogP contribution in [-0.2, 0) is 20.6 Å². The van der Waals surface area contributed by atoms with E-state index >= 15 is 0 Å². The maximum absolute atomic E-state index is 12.1. The van der Waals surface area contributed by atoms with E-state index in [2.05, 4.69) is 21.9 Å². The van der Waals surface area contributed by atoms with Crippen molar-refractivity contribution in [1.29, 1.82) is 0 Å². The summed E-state index contributed by atoms with van der Waals surface area (Å²) >= 11 is 0. The van der Waals surface area contributed by atoms with Gasteiger partial charge >= 0.3 is 0 Å². The van der Waals surface area contributed by atoms with Crippen LogP contribution in [0.5, 0.6) is 0 Å². The van der Waals surface area contributed by atoms with Crippen molar-refractivity contribution >= 4 is 33.6 Å². The van der Waals surface area contributed by atoms with E-state index in [1.165, 1.54) is 12.2 Å². The molecule has 7 nitrogen and oxygen atoms in total. The Balaban J connectivity index is 1.92. The Morgan fingerprint density at radius 3 is 2.28 bits per heavy atom. The van der Waals surface area contributed by atoms with Crippen LogP contribution in [0.1, 0.15) is 21.5 Å². The average Bonchev–Trinajstić information content (AvgIpc) is 2.72. The summed E-state index contributed by atoms with van der Waals surface area (Å²) in [7, 11) is -1.87. The number of hydrogen-bond donors (Lipinski definition) is 3. The van der Waals surface area contributed by atoms with Gasteiger partial charge in [-0.15, -0.1) is 6.58 Å². The maximum Gasteiger partial charge on any atom is 0.251 e. The van der Waals surface area contributed by atoms with Crippen LogP contribution in [0.25, 0.3) is 6.08 Å². The molecule has 2 aromatic carbocycles. The van der Waals surface area contributed by atoms with E-state index in [0.717, 1.165) is 5.56 Å². The van der Waals surface area contributed by atoms with Gasteiger partial charge in [0.25, 0.3) is 5.91 Å². The summed E-state index contributed by atoms with van der Waals surface area (Å²) in [5, 5.41) is 5.25. The molecule has 2 amide bonds. The molecular weight excluding hydrogens is 390 g/mol. The molecule has 0 saturated heterocycles. The molecule has 152 valence electrons. The molecule has 0 bridgehead atoms. The SMILES string of the molecule is C=CCNS(=O)(=O)Cc1ccc(NC(=O)/C=C/c2ccc(C(=O)NC)cc2)cc1. The smallest absolute Gasteiger partial charge is 0.251 e. The Morgan fingerprint density at radius 2 is 1.69 bits per heavy atom. The van der Waals surface area contributed by atoms with Gasteiger partial charge in [0.1, 0.15) is 0 Å². The van der Waals surface area contributed by atoms with Gasteiger partial charge in [-0.05, 0) is 41.5 Å². The average molecular weight is 413 g/mol. The first-order valence-electron chi connectivity index (χ1n) is 8.81. The van der Waals surface area contributed by atoms with Crippen molar-refractivity contribution < 1.29 is 18.0 Å². The van der Waals surface area contributed by atoms with Crippen LogP contribution in [0, 0.1) is 0 Å². The van der Waals surface area contributed by atoms with E-state index in [1.54, 1.807) is 61.7 Å². The number of benzene rings is 2. The standard InChI is InChI=1S/C21H23N3O4S/c1-3-14-23-29(27,28)15-17-6-11-19(12-7-17)24-20(25)13-8-16-4-9-18(10-5-16)21(26)22-2/h3-13,23H,1,14-15H2,2H3,(H,22,26)(H,24,25)/b13-8+. The maximum atomic E-state index is 12.1. The fourth-order valence-corrected chi connectivity index (χ4v) is 3.49. The summed E-state index contributed by atoms with van der Waals surface area (Å²) in [6.45, 7) is 3.65. The molecule has 2 aromatic rings. The van der Waals surface area contributed by atoms with E-state index in [1.807, 2.05) is 0 Å². The molecule has 0 saturated carbocycles. The number of amides is 2. The van der Waals surface area contributed by atoms with Gasteiger partial charge < -0.3 is 10.6 Å². The third kappa shape index (κ3) is 7.36. The lowest BCUT2D eigenvalue weighted by atomic mass is 10.1. The Hall–Kier alpha value is -3.23. The topological polar surface area (TPSA) is 104 Å². The van der Waals surface area contributed by atoms with Crippen LogP contribution in [0.4, 0.5) is 5.69 Å². The van der Waals surface area contributed by atoms with E-state index in [9.17, 15) is 18.0 Å². The fraction of sp³-hybridized carbons (Fsp3) is 0.143. The number of rotatable bonds is 9. The van der Waals surface area contributed by atoms with Gasteiger partial charge in [-0.1, -0.05) is 30.3 Å². The van der Waals surface area contributed by atoms with Gasteiger partial charge in [-0.2, -0.15) is 0 Å². The number of carbonyl (C=O) groups excluding carboxylic acids is 2. The number of anilines is 1. The Kier molecular flexibility index (Phi) is 7.88. The van der Waals surface area contributed by atoms with E-state index in [-0.39, 0.29) is 24.1 Å². The van der Waals surface area contributed by atoms with Gasteiger partial charge in [-0.3, -0.25) is 9.59 Å². The van der Waals surface area contributed by atoms with Crippen LogP contribution in [0.3, 0.4) is 0 Å². The quantitative estimate of drug-likeness (QED) is 0.433. The van der Waals surface area contributed by atoms with Crippen LogP contribution in [-0.4, -0.2) is 33.8 Å². The van der Waals surface area contributed by atoms with Crippen LogP contribution >= 0.6 is 0 Å². The lowest BCUT2D eigenvalue weighted by Gasteiger charge is -2.06. The predicted octanol–water partition coefficient (Wildman–Crippen LogP) is 2.30. The summed E-state index contributed by atoms with van der Waals surface area (Å²) in [5.41, 5.74) is 2.47. The van der Waals surface area contributed by atoms with Crippen molar-refractivity contribution in [3.63, 3.8) is 0 Å². The van der Waals surface area contributed by atoms with Crippen molar-refractivity contribution in [3.05, 3.63) is 84.0 Å². The lowest BCUT2D eigenvalue weighted by molar-refractivity contribution is -0.111. The molecule has 0 heterocycles. The zero-order valence-electron chi connectivity index (χ0n) is 16.0. The van der Waals surface area contributed by atoms with Gasteiger partial charge in [-0.25, -0.2) is 13.1 Å². The third-order valence-electron chi connectivity index (χ3n) is 3.85. The highest BCUT2D eigenvalue weighted by molar-refractivity contribution is 7.88. The van der Waals surface area contributed by atoms with Gasteiger partial charge in [0.2, 0.25) is 15.9 Å². The molecule has 3 N–H and O–H groups in total. The summed E-state index contributed by atoms with van der Waals surface area (Å²) < 4.78 is 26.1. The van der Waals surface area contributed by atoms with Crippen LogP contribution < -0.4 is 15.4 Å². The third-order valence-corrected chi connectivity index (χ3v) is 5.17. The van der Waals surface area contributed by atoms with Gasteiger partial charge in [0.05, 0.1) is 5.75 Å². The molecule has 0 aliphatic heterocycles. The normalized spacial score (nSPS) is 11.2. The van der Waals surface area contributed by atoms with E-state index < -0.39 is 10.0 Å². The van der Waals surface area contributed by atoms with Crippen molar-refractivity contribution in [2.45, 2.75) is 5.75 Å². The molecule has 0 aliphatic rings. The summed E-state index contributed by atoms with van der Waals surface area (Å²) in [6, 6.07) is 13.4. The Labute approximate surface area is 170 Å². The minimum Gasteiger partial charge on any atom is -0.355 e. The molecule has 8 heteroatoms. The second kappa shape index (κ2) is 10.4. The largest absolute Gasteiger partial charge is 0.355 e. The number of sulfonamides is 1. The summed E-state index contributed by atoms with van der Waals surface area (Å²) in [4.78, 5) is 23.6. The Bertz CT molecular complexity index is 995. The van der Waals surface area contributed by atoms with Crippen LogP contribution in [0.15, 0.2) is 67.3 Å². The highest BCUT2D eigenvalue weighted by Gasteiger charge is 2.10. The molecule has 0 atom stereocenters. The van der Waals surface area contributed by atoms with Crippen molar-refractivity contribution in [3.8, 4) is 0 Å². The zero-order valence-corrected chi connectivity index (χ0v) is 16.8. The second-order valence-electron chi connectivity index (χ2n) is 6.12. The molecular formula is C21H23N3O4S. The van der Waals surface area contributed by atoms with Crippen LogP contribution in [0.2, 0.25) is 0 Å². The lowest BCUT2D eigenvalue weighted by Crippen LogP contribution is -2.25. The monoisotopic (exact) mass is 413 g/mol. The molecule has 0 spiro atoms. The summed E-state index contributed by atoms with van der Waals surface area (Å²) in [6.07, 6.45) is 4.49. The summed E-state index contributed by atoms with van der Waals surface area (Å²) in [5.74, 6) is -0.652. The first-order valence-corrected chi connectivity index (χ1v) is 10.5. The number of nitrogens with one attached hydrogen (secondary N) is 3. The molecule has 29 heavy (non-hydrogen) atoms. The van der Waals surface area contributed by atoms with E-state index in [0.29, 0.717) is 16.8 Å². The fourth-order valence-electron chi connectivity index (χ4n) is 2.39. The van der Waals surface area contributed by atoms with Crippen molar-refractivity contribution in [2.24, 2.45) is 0 Å². The van der Waals surface area contributed by atoms with Gasteiger partial charge in [0.15, 0.2) is 0 Å². The predicted molar refractivity (Wildman–Crippen MR) is 115 cm³/mol. The first kappa shape index (κ1) is 22.1. The second-order valence-corrected chi connectivity index (χ2v) is 7.92. The molecule has 0 aromatic heterocycles. The Morgan fingerprint density at radius 1 is 1.03 bits per heavy atom. The highest BCUT2D eigenvalue weighted by atomic mass is 32.2. The zero-order chi connectivity index (χ0) is 21.3. The van der Waals surface area contributed by atoms with E-state index in [4.69, 9.17) is 0 Å². The number of hydrogen-bond acceptors (Lipinski definition) is 4. The highest BCUT2D eigenvalue weighted by Crippen LogP contribution is 2.12. The minimum atomic E-state index is -3.43. The van der Waals surface area contributed by atoms with Gasteiger partial charge in [0, 0.05) is 30.9 Å². The van der Waals surface area contributed by atoms with Crippen molar-refractivity contribution in [1.82, 2.24) is 10.0 Å². The number of carbonyl (C=O) groups is 2. The molecule has 0 fully saturated rings. The molecule has 0 aliphatic carbocycles. The van der Waals surface area contributed by atoms with Crippen molar-refractivity contribution in [2.75, 3.05) is 18.9 Å².